The molecule has 0 aliphatic rings. The van der Waals surface area contributed by atoms with Crippen LogP contribution in [0.15, 0.2) is 0 Å². The van der Waals surface area contributed by atoms with Crippen LogP contribution < -0.4 is 11.5 Å². The van der Waals surface area contributed by atoms with Crippen LogP contribution >= 0.6 is 0 Å². The van der Waals surface area contributed by atoms with E-state index in [0.717, 1.165) is 0 Å². The van der Waals surface area contributed by atoms with Crippen molar-refractivity contribution in [3.63, 3.8) is 0 Å². The predicted octanol–water partition coefficient (Wildman–Crippen LogP) is -0.844. The fraction of sp³-hybridized carbons (Fsp3) is 0.500. The Hall–Kier alpha value is -0.610. The number of aliphatic carboxylic acids is 1. The standard InChI is InChI=1S/C6H12N2O2/c7-4-2-1-3-5(8)6(9)10/h1,3,5H,2,4,7-8H2,(H,9,10)/t5-/m0/s1. The highest BCUT2D eigenvalue weighted by atomic mass is 16.4. The summed E-state index contributed by atoms with van der Waals surface area (Å²) in [6.45, 7) is 0.517. The Morgan fingerprint density at radius 1 is 1.70 bits per heavy atom. The van der Waals surface area contributed by atoms with Crippen LogP contribution in [0.3, 0.4) is 0 Å². The SMILES string of the molecule is NCC[CH][CH][C@H](N)C(=O)O. The lowest BCUT2D eigenvalue weighted by atomic mass is 10.1. The Morgan fingerprint density at radius 2 is 2.30 bits per heavy atom. The lowest BCUT2D eigenvalue weighted by Gasteiger charge is -2.02. The molecule has 0 spiro atoms. The smallest absolute Gasteiger partial charge is 0.320 e. The first-order valence-corrected chi connectivity index (χ1v) is 3.03. The molecule has 0 bridgehead atoms. The van der Waals surface area contributed by atoms with Crippen molar-refractivity contribution in [3.8, 4) is 0 Å². The van der Waals surface area contributed by atoms with Gasteiger partial charge in [-0.15, -0.1) is 0 Å². The summed E-state index contributed by atoms with van der Waals surface area (Å²) in [7, 11) is 0. The first-order valence-electron chi connectivity index (χ1n) is 3.03. The molecule has 10 heavy (non-hydrogen) atoms. The van der Waals surface area contributed by atoms with Gasteiger partial charge in [-0.1, -0.05) is 0 Å². The zero-order valence-electron chi connectivity index (χ0n) is 5.66. The highest BCUT2D eigenvalue weighted by Gasteiger charge is 2.09. The summed E-state index contributed by atoms with van der Waals surface area (Å²) in [5.74, 6) is -1.02. The van der Waals surface area contributed by atoms with Gasteiger partial charge >= 0.3 is 5.97 Å². The Bertz CT molecular complexity index is 106. The van der Waals surface area contributed by atoms with Gasteiger partial charge in [0.1, 0.15) is 6.04 Å². The average Bonchev–Trinajstić information content (AvgIpc) is 1.88. The van der Waals surface area contributed by atoms with Crippen LogP contribution in [0, 0.1) is 12.8 Å². The average molecular weight is 144 g/mol. The molecule has 0 aliphatic carbocycles. The number of rotatable bonds is 5. The van der Waals surface area contributed by atoms with E-state index in [2.05, 4.69) is 0 Å². The molecule has 4 heteroatoms. The molecule has 0 aromatic rings. The molecule has 4 nitrogen and oxygen atoms in total. The van der Waals surface area contributed by atoms with E-state index in [1.165, 1.54) is 6.42 Å². The Labute approximate surface area is 60.2 Å². The second-order valence-electron chi connectivity index (χ2n) is 1.87. The molecule has 0 aromatic carbocycles. The third kappa shape index (κ3) is 4.29. The van der Waals surface area contributed by atoms with Crippen LogP contribution in [0.25, 0.3) is 0 Å². The summed E-state index contributed by atoms with van der Waals surface area (Å²) in [4.78, 5) is 10.1. The van der Waals surface area contributed by atoms with Crippen molar-refractivity contribution in [2.24, 2.45) is 11.5 Å². The monoisotopic (exact) mass is 144 g/mol. The first kappa shape index (κ1) is 9.39. The molecular weight excluding hydrogens is 132 g/mol. The van der Waals surface area contributed by atoms with E-state index >= 15 is 0 Å². The van der Waals surface area contributed by atoms with Crippen LogP contribution in [0.4, 0.5) is 0 Å². The van der Waals surface area contributed by atoms with E-state index in [0.29, 0.717) is 13.0 Å². The topological polar surface area (TPSA) is 89.3 Å². The quantitative estimate of drug-likeness (QED) is 0.439. The molecular formula is C6H12N2O2. The van der Waals surface area contributed by atoms with Gasteiger partial charge < -0.3 is 16.6 Å². The van der Waals surface area contributed by atoms with Gasteiger partial charge in [0.25, 0.3) is 0 Å². The van der Waals surface area contributed by atoms with Crippen molar-refractivity contribution in [1.82, 2.24) is 0 Å². The summed E-state index contributed by atoms with van der Waals surface area (Å²) in [6, 6.07) is -0.897. The van der Waals surface area contributed by atoms with Gasteiger partial charge in [0.05, 0.1) is 0 Å². The van der Waals surface area contributed by atoms with Gasteiger partial charge in [0, 0.05) is 0 Å². The first-order chi connectivity index (χ1) is 4.68. The molecule has 0 rings (SSSR count). The fourth-order valence-electron chi connectivity index (χ4n) is 0.421. The fourth-order valence-corrected chi connectivity index (χ4v) is 0.421. The van der Waals surface area contributed by atoms with Crippen molar-refractivity contribution in [1.29, 1.82) is 0 Å². The Balaban J connectivity index is 3.21. The van der Waals surface area contributed by atoms with Crippen LogP contribution in [0.1, 0.15) is 6.42 Å². The second kappa shape index (κ2) is 5.20. The van der Waals surface area contributed by atoms with Crippen molar-refractivity contribution >= 4 is 5.97 Å². The zero-order chi connectivity index (χ0) is 7.98. The van der Waals surface area contributed by atoms with Gasteiger partial charge in [0.2, 0.25) is 0 Å². The molecule has 0 heterocycles. The molecule has 58 valence electrons. The number of unbranched alkanes of at least 4 members (excludes halogenated alkanes) is 1. The third-order valence-electron chi connectivity index (χ3n) is 0.962. The summed E-state index contributed by atoms with van der Waals surface area (Å²) in [5, 5.41) is 8.27. The van der Waals surface area contributed by atoms with Crippen molar-refractivity contribution in [3.05, 3.63) is 12.8 Å². The zero-order valence-corrected chi connectivity index (χ0v) is 5.66. The van der Waals surface area contributed by atoms with Crippen LogP contribution in [-0.4, -0.2) is 23.7 Å². The minimum Gasteiger partial charge on any atom is -0.480 e. The molecule has 0 unspecified atom stereocenters. The maximum atomic E-state index is 10.1. The largest absolute Gasteiger partial charge is 0.480 e. The lowest BCUT2D eigenvalue weighted by molar-refractivity contribution is -0.137. The maximum absolute atomic E-state index is 10.1. The molecule has 0 saturated carbocycles. The molecule has 0 saturated heterocycles. The third-order valence-corrected chi connectivity index (χ3v) is 0.962. The van der Waals surface area contributed by atoms with Crippen molar-refractivity contribution in [2.45, 2.75) is 12.5 Å². The highest BCUT2D eigenvalue weighted by molar-refractivity contribution is 5.75. The minimum atomic E-state index is -1.02. The van der Waals surface area contributed by atoms with E-state index in [9.17, 15) is 4.79 Å². The number of carboxylic acids is 1. The Kier molecular flexibility index (Phi) is 4.88. The molecule has 0 aliphatic heterocycles. The second-order valence-corrected chi connectivity index (χ2v) is 1.87. The minimum absolute atomic E-state index is 0.517. The molecule has 0 aromatic heterocycles. The van der Waals surface area contributed by atoms with Crippen LogP contribution in [0.2, 0.25) is 0 Å². The van der Waals surface area contributed by atoms with E-state index < -0.39 is 12.0 Å². The van der Waals surface area contributed by atoms with Crippen molar-refractivity contribution in [2.75, 3.05) is 6.54 Å². The number of carboxylic acid groups (broad SMARTS) is 1. The molecule has 5 N–H and O–H groups in total. The molecule has 1 atom stereocenters. The van der Waals surface area contributed by atoms with Gasteiger partial charge in [-0.05, 0) is 25.8 Å². The van der Waals surface area contributed by atoms with E-state index in [1.807, 2.05) is 0 Å². The van der Waals surface area contributed by atoms with Crippen LogP contribution in [0.5, 0.6) is 0 Å². The lowest BCUT2D eigenvalue weighted by Crippen LogP contribution is -2.30. The summed E-state index contributed by atoms with van der Waals surface area (Å²) >= 11 is 0. The maximum Gasteiger partial charge on any atom is 0.320 e. The predicted molar refractivity (Wildman–Crippen MR) is 37.9 cm³/mol. The number of nitrogens with two attached hydrogens (primary N) is 2. The normalized spacial score (nSPS) is 13.0. The summed E-state index contributed by atoms with van der Waals surface area (Å²) in [6.07, 6.45) is 3.76. The van der Waals surface area contributed by atoms with Gasteiger partial charge in [-0.2, -0.15) is 0 Å². The highest BCUT2D eigenvalue weighted by Crippen LogP contribution is 1.93. The number of hydrogen-bond acceptors (Lipinski definition) is 3. The van der Waals surface area contributed by atoms with E-state index in [4.69, 9.17) is 16.6 Å². The Morgan fingerprint density at radius 3 is 2.70 bits per heavy atom. The molecule has 2 radical (unpaired) electrons. The molecule has 0 fully saturated rings. The van der Waals surface area contributed by atoms with Crippen molar-refractivity contribution < 1.29 is 9.90 Å². The number of carbonyl (C=O) groups is 1. The van der Waals surface area contributed by atoms with Crippen LogP contribution in [-0.2, 0) is 4.79 Å². The van der Waals surface area contributed by atoms with E-state index in [-0.39, 0.29) is 0 Å². The van der Waals surface area contributed by atoms with E-state index in [1.54, 1.807) is 6.42 Å². The van der Waals surface area contributed by atoms with Gasteiger partial charge in [-0.3, -0.25) is 4.79 Å². The summed E-state index contributed by atoms with van der Waals surface area (Å²) < 4.78 is 0. The van der Waals surface area contributed by atoms with Gasteiger partial charge in [-0.25, -0.2) is 0 Å². The molecule has 0 amide bonds. The number of hydrogen-bond donors (Lipinski definition) is 3. The van der Waals surface area contributed by atoms with Gasteiger partial charge in [0.15, 0.2) is 0 Å². The summed E-state index contributed by atoms with van der Waals surface area (Å²) in [5.41, 5.74) is 10.3.